The number of rotatable bonds is 10. The molecule has 1 aromatic heterocycles. The molecule has 236 valence electrons. The molecule has 1 fully saturated rings. The zero-order valence-electron chi connectivity index (χ0n) is 25.3. The molecule has 0 spiro atoms. The predicted octanol–water partition coefficient (Wildman–Crippen LogP) is 8.82. The molecular formula is C33H45Br2Cl2N5O. The molecule has 43 heavy (non-hydrogen) atoms. The van der Waals surface area contributed by atoms with Crippen molar-refractivity contribution in [3.8, 4) is 5.88 Å². The van der Waals surface area contributed by atoms with E-state index in [1.807, 2.05) is 28.9 Å². The van der Waals surface area contributed by atoms with E-state index in [1.165, 1.54) is 43.2 Å². The molecule has 6 nitrogen and oxygen atoms in total. The number of fused-ring (bicyclic) bond motifs is 1. The molecule has 0 radical (unpaired) electrons. The fourth-order valence-electron chi connectivity index (χ4n) is 5.32. The summed E-state index contributed by atoms with van der Waals surface area (Å²) in [5, 5.41) is 5.76. The minimum Gasteiger partial charge on any atom is -0.476 e. The highest BCUT2D eigenvalue weighted by molar-refractivity contribution is 9.11. The number of benzene rings is 3. The number of para-hydroxylation sites is 1. The van der Waals surface area contributed by atoms with Crippen LogP contribution in [0.1, 0.15) is 49.7 Å². The molecule has 3 aromatic carbocycles. The average molecular weight is 758 g/mol. The van der Waals surface area contributed by atoms with Gasteiger partial charge in [-0.15, -0.1) is 29.9 Å². The van der Waals surface area contributed by atoms with E-state index in [4.69, 9.17) is 10.5 Å². The summed E-state index contributed by atoms with van der Waals surface area (Å²) in [4.78, 5) is 4.61. The molecule has 5 rings (SSSR count). The van der Waals surface area contributed by atoms with Crippen molar-refractivity contribution in [3.63, 3.8) is 0 Å². The highest BCUT2D eigenvalue weighted by Crippen LogP contribution is 2.31. The fraction of sp³-hybridized carbons (Fsp3) is 0.424. The molecular weight excluding hydrogens is 713 g/mol. The second-order valence-electron chi connectivity index (χ2n) is 11.1. The van der Waals surface area contributed by atoms with E-state index in [0.29, 0.717) is 6.61 Å². The Bertz CT molecular complexity index is 1380. The van der Waals surface area contributed by atoms with Crippen LogP contribution >= 0.6 is 56.7 Å². The topological polar surface area (TPSA) is 59.5 Å². The van der Waals surface area contributed by atoms with Gasteiger partial charge < -0.3 is 15.4 Å². The lowest BCUT2D eigenvalue weighted by Crippen LogP contribution is -2.33. The quantitative estimate of drug-likeness (QED) is 0.130. The largest absolute Gasteiger partial charge is 0.476 e. The van der Waals surface area contributed by atoms with Gasteiger partial charge in [-0.1, -0.05) is 77.7 Å². The third kappa shape index (κ3) is 11.2. The first-order valence-electron chi connectivity index (χ1n) is 14.5. The molecule has 2 N–H and O–H groups in total. The first kappa shape index (κ1) is 37.4. The summed E-state index contributed by atoms with van der Waals surface area (Å²) in [6, 6.07) is 23.5. The molecule has 1 aliphatic carbocycles. The van der Waals surface area contributed by atoms with Crippen molar-refractivity contribution < 1.29 is 4.74 Å². The van der Waals surface area contributed by atoms with Crippen molar-refractivity contribution in [2.75, 3.05) is 40.0 Å². The number of ether oxygens (including phenoxy) is 1. The normalized spacial score (nSPS) is 13.3. The van der Waals surface area contributed by atoms with Crippen molar-refractivity contribution in [2.24, 2.45) is 0 Å². The van der Waals surface area contributed by atoms with Gasteiger partial charge >= 0.3 is 0 Å². The Kier molecular flexibility index (Phi) is 16.4. The third-order valence-electron chi connectivity index (χ3n) is 7.59. The minimum atomic E-state index is 0. The lowest BCUT2D eigenvalue weighted by molar-refractivity contribution is 0.185. The van der Waals surface area contributed by atoms with E-state index in [-0.39, 0.29) is 24.8 Å². The van der Waals surface area contributed by atoms with Gasteiger partial charge in [-0.05, 0) is 91.7 Å². The molecule has 0 bridgehead atoms. The molecule has 1 aliphatic rings. The standard InChI is InChI=1S/C19H23N3O.C14H20Br2N2.2ClH/c1-21(2)13-8-14-23-19-17-11-6-7-12-18(17)22(20-19)15-16-9-4-3-5-10-16;1-18(12-5-3-2-4-6-12)9-10-7-11(15)8-13(16)14(10)17;;/h3-7,9-12H,8,13-15H2,1-2H3;7-8,12H,2-6,9,17H2,1H3;2*1H. The van der Waals surface area contributed by atoms with Crippen LogP contribution in [0.4, 0.5) is 5.69 Å². The van der Waals surface area contributed by atoms with Gasteiger partial charge in [0.25, 0.3) is 0 Å². The molecule has 0 atom stereocenters. The first-order chi connectivity index (χ1) is 19.8. The average Bonchev–Trinajstić information content (AvgIpc) is 3.32. The molecule has 0 unspecified atom stereocenters. The highest BCUT2D eigenvalue weighted by Gasteiger charge is 2.19. The summed E-state index contributed by atoms with van der Waals surface area (Å²) in [6.07, 6.45) is 7.78. The summed E-state index contributed by atoms with van der Waals surface area (Å²) in [5.41, 5.74) is 10.5. The maximum absolute atomic E-state index is 6.13. The van der Waals surface area contributed by atoms with Gasteiger partial charge in [0.05, 0.1) is 29.7 Å². The number of nitrogen functional groups attached to an aromatic ring is 1. The Balaban J connectivity index is 0.000000295. The lowest BCUT2D eigenvalue weighted by atomic mass is 9.94. The number of hydrogen-bond acceptors (Lipinski definition) is 5. The van der Waals surface area contributed by atoms with Crippen molar-refractivity contribution in [1.82, 2.24) is 19.6 Å². The van der Waals surface area contributed by atoms with Crippen LogP contribution in [-0.2, 0) is 13.1 Å². The van der Waals surface area contributed by atoms with Crippen LogP contribution in [0, 0.1) is 0 Å². The van der Waals surface area contributed by atoms with Crippen LogP contribution in [0.15, 0.2) is 75.7 Å². The zero-order chi connectivity index (χ0) is 29.2. The van der Waals surface area contributed by atoms with E-state index in [9.17, 15) is 0 Å². The van der Waals surface area contributed by atoms with E-state index in [0.717, 1.165) is 63.5 Å². The molecule has 0 aliphatic heterocycles. The van der Waals surface area contributed by atoms with Gasteiger partial charge in [0.15, 0.2) is 0 Å². The first-order valence-corrected chi connectivity index (χ1v) is 16.1. The van der Waals surface area contributed by atoms with Crippen LogP contribution in [-0.4, -0.2) is 59.9 Å². The van der Waals surface area contributed by atoms with E-state index >= 15 is 0 Å². The number of hydrogen-bond donors (Lipinski definition) is 1. The Hall–Kier alpha value is -1.81. The van der Waals surface area contributed by atoms with Crippen LogP contribution in [0.2, 0.25) is 0 Å². The molecule has 10 heteroatoms. The Morgan fingerprint density at radius 2 is 1.60 bits per heavy atom. The fourth-order valence-corrected chi connectivity index (χ4v) is 6.63. The number of aromatic nitrogens is 2. The molecule has 1 saturated carbocycles. The number of anilines is 1. The highest BCUT2D eigenvalue weighted by atomic mass is 79.9. The maximum atomic E-state index is 6.13. The summed E-state index contributed by atoms with van der Waals surface area (Å²) in [5.74, 6) is 0.732. The number of nitrogens with zero attached hydrogens (tertiary/aromatic N) is 4. The summed E-state index contributed by atoms with van der Waals surface area (Å²) < 4.78 is 10.0. The number of nitrogens with two attached hydrogens (primary N) is 1. The van der Waals surface area contributed by atoms with Crippen LogP contribution in [0.3, 0.4) is 0 Å². The second-order valence-corrected chi connectivity index (χ2v) is 12.9. The molecule has 4 aromatic rings. The SMILES string of the molecule is CN(C)CCCOc1nn(Cc2ccccc2)c2ccccc12.CN(Cc1cc(Br)cc(Br)c1N)C1CCCCC1.Cl.Cl. The molecule has 0 amide bonds. The Morgan fingerprint density at radius 3 is 2.30 bits per heavy atom. The summed E-state index contributed by atoms with van der Waals surface area (Å²) >= 11 is 7.04. The summed E-state index contributed by atoms with van der Waals surface area (Å²) in [6.45, 7) is 3.38. The summed E-state index contributed by atoms with van der Waals surface area (Å²) in [7, 11) is 6.36. The van der Waals surface area contributed by atoms with Gasteiger partial charge in [-0.25, -0.2) is 0 Å². The predicted molar refractivity (Wildman–Crippen MR) is 193 cm³/mol. The lowest BCUT2D eigenvalue weighted by Gasteiger charge is -2.31. The van der Waals surface area contributed by atoms with Gasteiger partial charge in [0.1, 0.15) is 0 Å². The third-order valence-corrected chi connectivity index (χ3v) is 8.70. The Morgan fingerprint density at radius 1 is 0.930 bits per heavy atom. The van der Waals surface area contributed by atoms with Gasteiger partial charge in [-0.2, -0.15) is 0 Å². The smallest absolute Gasteiger partial charge is 0.240 e. The Labute approximate surface area is 286 Å². The van der Waals surface area contributed by atoms with Gasteiger partial charge in [0, 0.05) is 28.1 Å². The minimum absolute atomic E-state index is 0. The van der Waals surface area contributed by atoms with E-state index < -0.39 is 0 Å². The van der Waals surface area contributed by atoms with Crippen molar-refractivity contribution in [2.45, 2.75) is 57.7 Å². The maximum Gasteiger partial charge on any atom is 0.240 e. The van der Waals surface area contributed by atoms with E-state index in [1.54, 1.807) is 0 Å². The monoisotopic (exact) mass is 755 g/mol. The van der Waals surface area contributed by atoms with Crippen LogP contribution < -0.4 is 10.5 Å². The van der Waals surface area contributed by atoms with Gasteiger partial charge in [-0.3, -0.25) is 9.58 Å². The van der Waals surface area contributed by atoms with Crippen LogP contribution in [0.5, 0.6) is 5.88 Å². The van der Waals surface area contributed by atoms with Crippen LogP contribution in [0.25, 0.3) is 10.9 Å². The van der Waals surface area contributed by atoms with Gasteiger partial charge in [0.2, 0.25) is 5.88 Å². The van der Waals surface area contributed by atoms with Crippen molar-refractivity contribution in [3.05, 3.63) is 86.8 Å². The molecule has 1 heterocycles. The second kappa shape index (κ2) is 18.9. The van der Waals surface area contributed by atoms with Crippen molar-refractivity contribution >= 4 is 73.3 Å². The molecule has 0 saturated heterocycles. The zero-order valence-corrected chi connectivity index (χ0v) is 30.2. The van der Waals surface area contributed by atoms with Crippen molar-refractivity contribution in [1.29, 1.82) is 0 Å². The number of halogens is 4. The van der Waals surface area contributed by atoms with E-state index in [2.05, 4.69) is 110 Å².